The highest BCUT2D eigenvalue weighted by atomic mass is 79.9. The third-order valence-electron chi connectivity index (χ3n) is 3.03. The lowest BCUT2D eigenvalue weighted by Gasteiger charge is -2.06. The van der Waals surface area contributed by atoms with Gasteiger partial charge in [-0.15, -0.1) is 11.3 Å². The van der Waals surface area contributed by atoms with Crippen LogP contribution < -0.4 is 5.32 Å². The zero-order valence-electron chi connectivity index (χ0n) is 11.1. The molecule has 106 valence electrons. The molecule has 2 aromatic heterocycles. The molecule has 1 amide bonds. The number of nitrogens with one attached hydrogen (secondary N) is 1. The Morgan fingerprint density at radius 2 is 2.05 bits per heavy atom. The number of imidazole rings is 1. The molecule has 0 aliphatic heterocycles. The zero-order chi connectivity index (χ0) is 14.8. The minimum Gasteiger partial charge on any atom is -0.322 e. The van der Waals surface area contributed by atoms with Gasteiger partial charge in [-0.05, 0) is 33.6 Å². The van der Waals surface area contributed by atoms with E-state index in [1.165, 1.54) is 11.3 Å². The molecule has 0 fully saturated rings. The second-order valence-corrected chi connectivity index (χ2v) is 5.80. The van der Waals surface area contributed by atoms with Crippen molar-refractivity contribution in [2.24, 2.45) is 7.05 Å². The molecule has 3 rings (SSSR count). The summed E-state index contributed by atoms with van der Waals surface area (Å²) in [6.07, 6.45) is 1.80. The maximum absolute atomic E-state index is 11.9. The van der Waals surface area contributed by atoms with Crippen molar-refractivity contribution >= 4 is 38.9 Å². The van der Waals surface area contributed by atoms with Crippen LogP contribution in [-0.2, 0) is 7.05 Å². The Balaban J connectivity index is 1.78. The van der Waals surface area contributed by atoms with Gasteiger partial charge in [0.05, 0.1) is 17.4 Å². The second kappa shape index (κ2) is 5.79. The maximum atomic E-state index is 11.9. The van der Waals surface area contributed by atoms with Crippen molar-refractivity contribution in [1.29, 1.82) is 0 Å². The monoisotopic (exact) mass is 362 g/mol. The van der Waals surface area contributed by atoms with E-state index in [9.17, 15) is 4.79 Å². The lowest BCUT2D eigenvalue weighted by molar-refractivity contribution is 0.102. The van der Waals surface area contributed by atoms with Gasteiger partial charge in [-0.25, -0.2) is 9.97 Å². The number of hydrogen-bond donors (Lipinski definition) is 1. The van der Waals surface area contributed by atoms with Crippen LogP contribution in [-0.4, -0.2) is 20.4 Å². The minimum absolute atomic E-state index is 0.202. The minimum atomic E-state index is -0.202. The molecule has 21 heavy (non-hydrogen) atoms. The predicted molar refractivity (Wildman–Crippen MR) is 86.4 cm³/mol. The molecule has 0 aliphatic rings. The van der Waals surface area contributed by atoms with Crippen LogP contribution in [0.3, 0.4) is 0 Å². The molecule has 1 aromatic carbocycles. The highest BCUT2D eigenvalue weighted by Gasteiger charge is 2.09. The van der Waals surface area contributed by atoms with Gasteiger partial charge in [-0.1, -0.05) is 12.1 Å². The largest absolute Gasteiger partial charge is 0.322 e. The van der Waals surface area contributed by atoms with Crippen LogP contribution in [0.5, 0.6) is 0 Å². The summed E-state index contributed by atoms with van der Waals surface area (Å²) in [6.45, 7) is 0. The molecule has 5 nitrogen and oxygen atoms in total. The van der Waals surface area contributed by atoms with E-state index in [2.05, 4.69) is 31.2 Å². The molecule has 3 aromatic rings. The Kier molecular flexibility index (Phi) is 3.85. The number of nitrogens with zero attached hydrogens (tertiary/aromatic N) is 3. The van der Waals surface area contributed by atoms with Crippen LogP contribution in [0.1, 0.15) is 10.5 Å². The second-order valence-electron chi connectivity index (χ2n) is 4.38. The molecular formula is C14H11BrN4OS. The fraction of sp³-hybridized carbons (Fsp3) is 0.0714. The third kappa shape index (κ3) is 2.88. The number of hydrogen-bond acceptors (Lipinski definition) is 4. The summed E-state index contributed by atoms with van der Waals surface area (Å²) in [7, 11) is 1.93. The van der Waals surface area contributed by atoms with Gasteiger partial charge < -0.3 is 9.88 Å². The number of amides is 1. The number of thiazole rings is 1. The molecule has 2 heterocycles. The SMILES string of the molecule is Cn1c(-c2ccc(NC(=O)c3cscn3)cc2)cnc1Br. The first-order valence-electron chi connectivity index (χ1n) is 6.12. The van der Waals surface area contributed by atoms with Crippen LogP contribution in [0, 0.1) is 0 Å². The zero-order valence-corrected chi connectivity index (χ0v) is 13.5. The summed E-state index contributed by atoms with van der Waals surface area (Å²) in [5.41, 5.74) is 4.83. The van der Waals surface area contributed by atoms with E-state index in [1.54, 1.807) is 17.1 Å². The Bertz CT molecular complexity index is 765. The van der Waals surface area contributed by atoms with Crippen molar-refractivity contribution in [3.63, 3.8) is 0 Å². The summed E-state index contributed by atoms with van der Waals surface area (Å²) in [4.78, 5) is 20.1. The Labute approximate surface area is 133 Å². The third-order valence-corrected chi connectivity index (χ3v) is 4.36. The summed E-state index contributed by atoms with van der Waals surface area (Å²) in [6, 6.07) is 7.61. The van der Waals surface area contributed by atoms with E-state index in [4.69, 9.17) is 0 Å². The number of carbonyl (C=O) groups is 1. The molecule has 0 spiro atoms. The van der Waals surface area contributed by atoms with Gasteiger partial charge in [-0.2, -0.15) is 0 Å². The van der Waals surface area contributed by atoms with Gasteiger partial charge in [0.15, 0.2) is 4.73 Å². The van der Waals surface area contributed by atoms with Gasteiger partial charge in [0.25, 0.3) is 5.91 Å². The average molecular weight is 363 g/mol. The van der Waals surface area contributed by atoms with Gasteiger partial charge in [-0.3, -0.25) is 4.79 Å². The quantitative estimate of drug-likeness (QED) is 0.774. The van der Waals surface area contributed by atoms with Crippen LogP contribution in [0.25, 0.3) is 11.3 Å². The molecule has 0 atom stereocenters. The summed E-state index contributed by atoms with van der Waals surface area (Å²) < 4.78 is 2.72. The Morgan fingerprint density at radius 1 is 1.29 bits per heavy atom. The number of benzene rings is 1. The number of aromatic nitrogens is 3. The Hall–Kier alpha value is -1.99. The Morgan fingerprint density at radius 3 is 2.62 bits per heavy atom. The van der Waals surface area contributed by atoms with Crippen LogP contribution in [0.15, 0.2) is 46.1 Å². The first-order chi connectivity index (χ1) is 10.1. The fourth-order valence-electron chi connectivity index (χ4n) is 1.90. The van der Waals surface area contributed by atoms with Gasteiger partial charge in [0.2, 0.25) is 0 Å². The predicted octanol–water partition coefficient (Wildman–Crippen LogP) is 3.56. The van der Waals surface area contributed by atoms with Crippen molar-refractivity contribution in [2.45, 2.75) is 0 Å². The van der Waals surface area contributed by atoms with Crippen molar-refractivity contribution < 1.29 is 4.79 Å². The van der Waals surface area contributed by atoms with Crippen LogP contribution >= 0.6 is 27.3 Å². The number of carbonyl (C=O) groups excluding carboxylic acids is 1. The first kappa shape index (κ1) is 14.0. The number of anilines is 1. The summed E-state index contributed by atoms with van der Waals surface area (Å²) in [5, 5.41) is 4.54. The molecule has 0 bridgehead atoms. The lowest BCUT2D eigenvalue weighted by atomic mass is 10.1. The standard InChI is InChI=1S/C14H11BrN4OS/c1-19-12(6-16-14(19)15)9-2-4-10(5-3-9)18-13(20)11-7-21-8-17-11/h2-8H,1H3,(H,18,20). The molecule has 0 aliphatic carbocycles. The molecular weight excluding hydrogens is 352 g/mol. The number of rotatable bonds is 3. The van der Waals surface area contributed by atoms with Crippen molar-refractivity contribution in [1.82, 2.24) is 14.5 Å². The topological polar surface area (TPSA) is 59.8 Å². The molecule has 1 N–H and O–H groups in total. The van der Waals surface area contributed by atoms with Gasteiger partial charge >= 0.3 is 0 Å². The summed E-state index contributed by atoms with van der Waals surface area (Å²) in [5.74, 6) is -0.202. The van der Waals surface area contributed by atoms with E-state index < -0.39 is 0 Å². The van der Waals surface area contributed by atoms with Crippen molar-refractivity contribution in [3.8, 4) is 11.3 Å². The van der Waals surface area contributed by atoms with Gasteiger partial charge in [0, 0.05) is 18.1 Å². The average Bonchev–Trinajstić information content (AvgIpc) is 3.12. The highest BCUT2D eigenvalue weighted by Crippen LogP contribution is 2.23. The number of halogens is 1. The summed E-state index contributed by atoms with van der Waals surface area (Å²) >= 11 is 4.77. The molecule has 7 heteroatoms. The van der Waals surface area contributed by atoms with E-state index in [0.717, 1.165) is 21.7 Å². The maximum Gasteiger partial charge on any atom is 0.275 e. The van der Waals surface area contributed by atoms with E-state index in [0.29, 0.717) is 5.69 Å². The smallest absolute Gasteiger partial charge is 0.275 e. The lowest BCUT2D eigenvalue weighted by Crippen LogP contribution is -2.11. The molecule has 0 radical (unpaired) electrons. The molecule has 0 unspecified atom stereocenters. The van der Waals surface area contributed by atoms with Crippen molar-refractivity contribution in [2.75, 3.05) is 5.32 Å². The van der Waals surface area contributed by atoms with Crippen LogP contribution in [0.4, 0.5) is 5.69 Å². The van der Waals surface area contributed by atoms with Crippen LogP contribution in [0.2, 0.25) is 0 Å². The normalized spacial score (nSPS) is 10.6. The molecule has 0 saturated heterocycles. The molecule has 0 saturated carbocycles. The fourth-order valence-corrected chi connectivity index (χ4v) is 2.72. The van der Waals surface area contributed by atoms with E-state index in [-0.39, 0.29) is 5.91 Å². The van der Waals surface area contributed by atoms with Crippen molar-refractivity contribution in [3.05, 3.63) is 51.8 Å². The van der Waals surface area contributed by atoms with Gasteiger partial charge in [0.1, 0.15) is 5.69 Å². The van der Waals surface area contributed by atoms with E-state index in [1.807, 2.05) is 35.9 Å². The highest BCUT2D eigenvalue weighted by molar-refractivity contribution is 9.10. The van der Waals surface area contributed by atoms with E-state index >= 15 is 0 Å². The first-order valence-corrected chi connectivity index (χ1v) is 7.86.